The number of ketones is 1. The molecular weight excluding hydrogens is 384 g/mol. The summed E-state index contributed by atoms with van der Waals surface area (Å²) >= 11 is 0. The third kappa shape index (κ3) is 6.50. The van der Waals surface area contributed by atoms with E-state index < -0.39 is 23.8 Å². The average Bonchev–Trinajstić information content (AvgIpc) is 2.76. The highest BCUT2D eigenvalue weighted by Crippen LogP contribution is 2.17. The van der Waals surface area contributed by atoms with Crippen molar-refractivity contribution in [3.8, 4) is 0 Å². The molecule has 0 heterocycles. The van der Waals surface area contributed by atoms with Gasteiger partial charge in [-0.05, 0) is 24.3 Å². The molecule has 2 atom stereocenters. The summed E-state index contributed by atoms with van der Waals surface area (Å²) in [6.07, 6.45) is -0.792. The molecule has 0 aliphatic rings. The predicted molar refractivity (Wildman–Crippen MR) is 112 cm³/mol. The maximum absolute atomic E-state index is 12.5. The third-order valence-corrected chi connectivity index (χ3v) is 4.79. The summed E-state index contributed by atoms with van der Waals surface area (Å²) in [7, 11) is 0. The molecule has 4 N–H and O–H groups in total. The lowest BCUT2D eigenvalue weighted by molar-refractivity contribution is -0.146. The molecule has 0 saturated carbocycles. The van der Waals surface area contributed by atoms with Crippen molar-refractivity contribution in [2.24, 2.45) is 11.8 Å². The summed E-state index contributed by atoms with van der Waals surface area (Å²) in [6.45, 7) is 4.07. The summed E-state index contributed by atoms with van der Waals surface area (Å²) in [4.78, 5) is 36.4. The third-order valence-electron chi connectivity index (χ3n) is 4.79. The molecule has 30 heavy (non-hydrogen) atoms. The number of carbonyl (C=O) groups excluding carboxylic acids is 3. The molecule has 7 nitrogen and oxygen atoms in total. The van der Waals surface area contributed by atoms with Gasteiger partial charge in [-0.2, -0.15) is 0 Å². The maximum atomic E-state index is 12.5. The number of aliphatic hydroxyl groups is 1. The molecule has 2 aromatic rings. The van der Waals surface area contributed by atoms with Crippen LogP contribution in [0.4, 0.5) is 0 Å². The Morgan fingerprint density at radius 2 is 1.50 bits per heavy atom. The van der Waals surface area contributed by atoms with Gasteiger partial charge < -0.3 is 10.4 Å². The van der Waals surface area contributed by atoms with Crippen LogP contribution in [0, 0.1) is 11.8 Å². The van der Waals surface area contributed by atoms with Crippen LogP contribution in [-0.4, -0.2) is 40.6 Å². The number of nitrogens with one attached hydrogen (secondary N) is 2. The lowest BCUT2D eigenvalue weighted by atomic mass is 9.90. The Bertz CT molecular complexity index is 850. The second kappa shape index (κ2) is 11.2. The van der Waals surface area contributed by atoms with Crippen molar-refractivity contribution in [3.63, 3.8) is 0 Å². The molecular formula is C23H28N2O5. The van der Waals surface area contributed by atoms with Crippen LogP contribution < -0.4 is 10.8 Å². The van der Waals surface area contributed by atoms with Crippen LogP contribution in [0.2, 0.25) is 0 Å². The number of hydrogen-bond acceptors (Lipinski definition) is 5. The van der Waals surface area contributed by atoms with E-state index in [1.54, 1.807) is 24.3 Å². The molecule has 0 saturated heterocycles. The molecule has 160 valence electrons. The molecule has 7 heteroatoms. The van der Waals surface area contributed by atoms with E-state index in [-0.39, 0.29) is 11.7 Å². The van der Waals surface area contributed by atoms with Crippen molar-refractivity contribution in [3.05, 3.63) is 71.3 Å². The Morgan fingerprint density at radius 3 is 2.07 bits per heavy atom. The zero-order valence-electron chi connectivity index (χ0n) is 17.2. The second-order valence-corrected chi connectivity index (χ2v) is 7.59. The number of hydroxylamine groups is 1. The van der Waals surface area contributed by atoms with Gasteiger partial charge in [0.1, 0.15) is 6.10 Å². The second-order valence-electron chi connectivity index (χ2n) is 7.59. The normalized spacial score (nSPS) is 12.8. The lowest BCUT2D eigenvalue weighted by Gasteiger charge is -2.22. The van der Waals surface area contributed by atoms with E-state index >= 15 is 0 Å². The number of carbonyl (C=O) groups is 3. The minimum Gasteiger partial charge on any atom is -0.382 e. The first-order chi connectivity index (χ1) is 14.3. The first-order valence-corrected chi connectivity index (χ1v) is 9.92. The van der Waals surface area contributed by atoms with Crippen LogP contribution >= 0.6 is 0 Å². The highest BCUT2D eigenvalue weighted by atomic mass is 16.5. The molecule has 2 amide bonds. The molecule has 0 aliphatic carbocycles. The Morgan fingerprint density at radius 1 is 0.900 bits per heavy atom. The fourth-order valence-corrected chi connectivity index (χ4v) is 3.18. The SMILES string of the molecule is CC(C)C[C@@H](C(=O)NCCc1ccc(C(=O)c2ccccc2)cc1)[C@H](O)C(=O)NO. The van der Waals surface area contributed by atoms with Gasteiger partial charge in [0.2, 0.25) is 5.91 Å². The van der Waals surface area contributed by atoms with E-state index in [0.717, 1.165) is 5.56 Å². The number of amides is 2. The largest absolute Gasteiger partial charge is 0.382 e. The van der Waals surface area contributed by atoms with Gasteiger partial charge in [-0.25, -0.2) is 5.48 Å². The Hall–Kier alpha value is -3.03. The van der Waals surface area contributed by atoms with Gasteiger partial charge in [-0.1, -0.05) is 68.4 Å². The molecule has 2 aromatic carbocycles. The topological polar surface area (TPSA) is 116 Å². The highest BCUT2D eigenvalue weighted by molar-refractivity contribution is 6.08. The lowest BCUT2D eigenvalue weighted by Crippen LogP contribution is -2.46. The monoisotopic (exact) mass is 412 g/mol. The van der Waals surface area contributed by atoms with Crippen molar-refractivity contribution in [2.45, 2.75) is 32.8 Å². The maximum Gasteiger partial charge on any atom is 0.272 e. The van der Waals surface area contributed by atoms with E-state index in [9.17, 15) is 19.5 Å². The quantitative estimate of drug-likeness (QED) is 0.271. The Labute approximate surface area is 176 Å². The van der Waals surface area contributed by atoms with E-state index in [2.05, 4.69) is 5.32 Å². The molecule has 0 aliphatic heterocycles. The number of rotatable bonds is 10. The molecule has 0 unspecified atom stereocenters. The smallest absolute Gasteiger partial charge is 0.272 e. The van der Waals surface area contributed by atoms with E-state index in [0.29, 0.717) is 30.5 Å². The van der Waals surface area contributed by atoms with Gasteiger partial charge in [0.15, 0.2) is 5.78 Å². The molecule has 0 fully saturated rings. The average molecular weight is 412 g/mol. The summed E-state index contributed by atoms with van der Waals surface area (Å²) in [5.41, 5.74) is 3.54. The molecule has 0 spiro atoms. The van der Waals surface area contributed by atoms with Gasteiger partial charge in [-0.15, -0.1) is 0 Å². The van der Waals surface area contributed by atoms with Crippen LogP contribution in [0.15, 0.2) is 54.6 Å². The minimum atomic E-state index is -1.62. The molecule has 2 rings (SSSR count). The van der Waals surface area contributed by atoms with E-state index in [1.165, 1.54) is 5.48 Å². The fourth-order valence-electron chi connectivity index (χ4n) is 3.18. The van der Waals surface area contributed by atoms with Gasteiger partial charge in [0, 0.05) is 17.7 Å². The minimum absolute atomic E-state index is 0.0527. The van der Waals surface area contributed by atoms with Crippen molar-refractivity contribution in [1.82, 2.24) is 10.8 Å². The van der Waals surface area contributed by atoms with Gasteiger partial charge >= 0.3 is 0 Å². The van der Waals surface area contributed by atoms with Crippen LogP contribution in [0.5, 0.6) is 0 Å². The van der Waals surface area contributed by atoms with Crippen LogP contribution in [0.1, 0.15) is 41.8 Å². The summed E-state index contributed by atoms with van der Waals surface area (Å²) in [6, 6.07) is 16.2. The van der Waals surface area contributed by atoms with Crippen LogP contribution in [-0.2, 0) is 16.0 Å². The molecule has 0 bridgehead atoms. The zero-order valence-corrected chi connectivity index (χ0v) is 17.2. The summed E-state index contributed by atoms with van der Waals surface area (Å²) < 4.78 is 0. The fraction of sp³-hybridized carbons (Fsp3) is 0.348. The predicted octanol–water partition coefficient (Wildman–Crippen LogP) is 2.10. The Balaban J connectivity index is 1.92. The number of aliphatic hydroxyl groups excluding tert-OH is 1. The first kappa shape index (κ1) is 23.3. The molecule has 0 aromatic heterocycles. The summed E-state index contributed by atoms with van der Waals surface area (Å²) in [5, 5.41) is 21.5. The van der Waals surface area contributed by atoms with Gasteiger partial charge in [-0.3, -0.25) is 19.6 Å². The standard InChI is InChI=1S/C23H28N2O5/c1-15(2)14-19(21(27)23(29)25-30)22(28)24-13-12-16-8-10-18(11-9-16)20(26)17-6-4-3-5-7-17/h3-11,15,19,21,27,30H,12-14H2,1-2H3,(H,24,28)(H,25,29)/t19-,21+/m1/s1. The van der Waals surface area contributed by atoms with Crippen molar-refractivity contribution in [2.75, 3.05) is 6.54 Å². The first-order valence-electron chi connectivity index (χ1n) is 9.92. The van der Waals surface area contributed by atoms with Crippen molar-refractivity contribution >= 4 is 17.6 Å². The zero-order chi connectivity index (χ0) is 22.1. The van der Waals surface area contributed by atoms with Crippen LogP contribution in [0.25, 0.3) is 0 Å². The van der Waals surface area contributed by atoms with Crippen molar-refractivity contribution in [1.29, 1.82) is 0 Å². The van der Waals surface area contributed by atoms with Gasteiger partial charge in [0.05, 0.1) is 5.92 Å². The van der Waals surface area contributed by atoms with Crippen LogP contribution in [0.3, 0.4) is 0 Å². The Kier molecular flexibility index (Phi) is 8.70. The highest BCUT2D eigenvalue weighted by Gasteiger charge is 2.32. The van der Waals surface area contributed by atoms with Gasteiger partial charge in [0.25, 0.3) is 5.91 Å². The van der Waals surface area contributed by atoms with E-state index in [4.69, 9.17) is 5.21 Å². The summed E-state index contributed by atoms with van der Waals surface area (Å²) in [5.74, 6) is -2.38. The number of benzene rings is 2. The van der Waals surface area contributed by atoms with Crippen molar-refractivity contribution < 1.29 is 24.7 Å². The number of hydrogen-bond donors (Lipinski definition) is 4. The van der Waals surface area contributed by atoms with E-state index in [1.807, 2.05) is 44.2 Å². The molecule has 0 radical (unpaired) electrons.